The number of hydrogen-bond acceptors (Lipinski definition) is 1. The first-order valence-corrected chi connectivity index (χ1v) is 5.98. The molecule has 2 aromatic carbocycles. The van der Waals surface area contributed by atoms with Gasteiger partial charge in [-0.05, 0) is 17.7 Å². The Morgan fingerprint density at radius 2 is 1.47 bits per heavy atom. The van der Waals surface area contributed by atoms with Crippen LogP contribution in [0.15, 0.2) is 42.5 Å². The van der Waals surface area contributed by atoms with Gasteiger partial charge in [0.1, 0.15) is 0 Å². The van der Waals surface area contributed by atoms with Gasteiger partial charge in [0.2, 0.25) is 0 Å². The Bertz CT molecular complexity index is 603. The molecule has 0 saturated heterocycles. The Morgan fingerprint density at radius 3 is 2.21 bits per heavy atom. The highest BCUT2D eigenvalue weighted by atomic mass is 19.2. The SMILES string of the molecule is CN(C)c1ccccc1/C=C/c1cccc(F)c1F. The van der Waals surface area contributed by atoms with E-state index in [4.69, 9.17) is 0 Å². The predicted molar refractivity (Wildman–Crippen MR) is 76.1 cm³/mol. The molecule has 2 rings (SSSR count). The number of nitrogens with zero attached hydrogens (tertiary/aromatic N) is 1. The molecule has 0 N–H and O–H groups in total. The fraction of sp³-hybridized carbons (Fsp3) is 0.125. The van der Waals surface area contributed by atoms with Crippen molar-refractivity contribution in [3.8, 4) is 0 Å². The summed E-state index contributed by atoms with van der Waals surface area (Å²) in [5.74, 6) is -1.65. The Balaban J connectivity index is 2.36. The average molecular weight is 259 g/mol. The molecule has 0 atom stereocenters. The second-order valence-corrected chi connectivity index (χ2v) is 4.43. The second-order valence-electron chi connectivity index (χ2n) is 4.43. The first kappa shape index (κ1) is 13.3. The highest BCUT2D eigenvalue weighted by Crippen LogP contribution is 2.21. The normalized spacial score (nSPS) is 10.9. The number of benzene rings is 2. The van der Waals surface area contributed by atoms with Crippen molar-refractivity contribution in [3.63, 3.8) is 0 Å². The first-order valence-electron chi connectivity index (χ1n) is 5.98. The zero-order valence-electron chi connectivity index (χ0n) is 10.9. The highest BCUT2D eigenvalue weighted by molar-refractivity contribution is 5.77. The average Bonchev–Trinajstić information content (AvgIpc) is 2.40. The third kappa shape index (κ3) is 2.99. The number of hydrogen-bond donors (Lipinski definition) is 0. The molecule has 0 amide bonds. The largest absolute Gasteiger partial charge is 0.377 e. The number of anilines is 1. The van der Waals surface area contributed by atoms with Crippen LogP contribution in [-0.4, -0.2) is 14.1 Å². The van der Waals surface area contributed by atoms with Gasteiger partial charge < -0.3 is 4.90 Å². The van der Waals surface area contributed by atoms with E-state index in [1.807, 2.05) is 43.3 Å². The predicted octanol–water partition coefficient (Wildman–Crippen LogP) is 4.20. The highest BCUT2D eigenvalue weighted by Gasteiger charge is 2.05. The van der Waals surface area contributed by atoms with E-state index >= 15 is 0 Å². The molecule has 0 unspecified atom stereocenters. The fourth-order valence-electron chi connectivity index (χ4n) is 1.86. The van der Waals surface area contributed by atoms with Gasteiger partial charge in [-0.3, -0.25) is 0 Å². The van der Waals surface area contributed by atoms with Crippen molar-refractivity contribution in [1.82, 2.24) is 0 Å². The summed E-state index contributed by atoms with van der Waals surface area (Å²) in [6, 6.07) is 11.9. The van der Waals surface area contributed by atoms with Crippen LogP contribution in [0.2, 0.25) is 0 Å². The van der Waals surface area contributed by atoms with Crippen molar-refractivity contribution < 1.29 is 8.78 Å². The molecule has 0 aliphatic rings. The summed E-state index contributed by atoms with van der Waals surface area (Å²) in [4.78, 5) is 1.97. The minimum Gasteiger partial charge on any atom is -0.377 e. The molecule has 19 heavy (non-hydrogen) atoms. The third-order valence-electron chi connectivity index (χ3n) is 2.84. The Hall–Kier alpha value is -2.16. The van der Waals surface area contributed by atoms with Crippen LogP contribution in [-0.2, 0) is 0 Å². The van der Waals surface area contributed by atoms with E-state index < -0.39 is 11.6 Å². The molecule has 0 aliphatic heterocycles. The van der Waals surface area contributed by atoms with Gasteiger partial charge in [-0.25, -0.2) is 8.78 Å². The summed E-state index contributed by atoms with van der Waals surface area (Å²) in [5, 5.41) is 0. The summed E-state index contributed by atoms with van der Waals surface area (Å²) in [5.41, 5.74) is 2.22. The number of para-hydroxylation sites is 1. The molecule has 0 saturated carbocycles. The summed E-state index contributed by atoms with van der Waals surface area (Å²) in [7, 11) is 3.88. The van der Waals surface area contributed by atoms with E-state index in [2.05, 4.69) is 0 Å². The lowest BCUT2D eigenvalue weighted by Gasteiger charge is -2.15. The molecule has 0 heterocycles. The van der Waals surface area contributed by atoms with Crippen molar-refractivity contribution >= 4 is 17.8 Å². The molecule has 3 heteroatoms. The second kappa shape index (κ2) is 5.65. The molecule has 0 spiro atoms. The maximum Gasteiger partial charge on any atom is 0.166 e. The smallest absolute Gasteiger partial charge is 0.166 e. The van der Waals surface area contributed by atoms with E-state index in [0.717, 1.165) is 17.3 Å². The van der Waals surface area contributed by atoms with Gasteiger partial charge in [0, 0.05) is 25.3 Å². The fourth-order valence-corrected chi connectivity index (χ4v) is 1.86. The van der Waals surface area contributed by atoms with Gasteiger partial charge in [0.05, 0.1) is 0 Å². The van der Waals surface area contributed by atoms with Crippen molar-refractivity contribution in [1.29, 1.82) is 0 Å². The molecule has 2 aromatic rings. The Morgan fingerprint density at radius 1 is 0.842 bits per heavy atom. The maximum atomic E-state index is 13.5. The lowest BCUT2D eigenvalue weighted by molar-refractivity contribution is 0.507. The minimum atomic E-state index is -0.831. The topological polar surface area (TPSA) is 3.24 Å². The third-order valence-corrected chi connectivity index (χ3v) is 2.84. The van der Waals surface area contributed by atoms with E-state index in [0.29, 0.717) is 0 Å². The lowest BCUT2D eigenvalue weighted by atomic mass is 10.1. The lowest BCUT2D eigenvalue weighted by Crippen LogP contribution is -2.09. The quantitative estimate of drug-likeness (QED) is 0.747. The Kier molecular flexibility index (Phi) is 3.95. The summed E-state index contributed by atoms with van der Waals surface area (Å²) < 4.78 is 26.6. The van der Waals surface area contributed by atoms with Crippen molar-refractivity contribution in [2.75, 3.05) is 19.0 Å². The van der Waals surface area contributed by atoms with Crippen LogP contribution in [0.3, 0.4) is 0 Å². The van der Waals surface area contributed by atoms with E-state index in [-0.39, 0.29) is 5.56 Å². The molecular formula is C16H15F2N. The molecule has 1 nitrogen and oxygen atoms in total. The van der Waals surface area contributed by atoms with Gasteiger partial charge in [0.25, 0.3) is 0 Å². The maximum absolute atomic E-state index is 13.5. The van der Waals surface area contributed by atoms with E-state index in [9.17, 15) is 8.78 Å². The van der Waals surface area contributed by atoms with Crippen LogP contribution in [0, 0.1) is 11.6 Å². The van der Waals surface area contributed by atoms with E-state index in [1.165, 1.54) is 6.07 Å². The van der Waals surface area contributed by atoms with Gasteiger partial charge in [-0.2, -0.15) is 0 Å². The molecular weight excluding hydrogens is 244 g/mol. The molecule has 0 fully saturated rings. The van der Waals surface area contributed by atoms with Gasteiger partial charge in [0.15, 0.2) is 11.6 Å². The van der Waals surface area contributed by atoms with Crippen molar-refractivity contribution in [2.24, 2.45) is 0 Å². The van der Waals surface area contributed by atoms with Crippen LogP contribution in [0.5, 0.6) is 0 Å². The number of rotatable bonds is 3. The van der Waals surface area contributed by atoms with Crippen LogP contribution < -0.4 is 4.90 Å². The molecule has 0 bridgehead atoms. The van der Waals surface area contributed by atoms with E-state index in [1.54, 1.807) is 18.2 Å². The summed E-state index contributed by atoms with van der Waals surface area (Å²) in [6.45, 7) is 0. The van der Waals surface area contributed by atoms with Gasteiger partial charge >= 0.3 is 0 Å². The van der Waals surface area contributed by atoms with Gasteiger partial charge in [-0.1, -0.05) is 42.5 Å². The monoisotopic (exact) mass is 259 g/mol. The molecule has 0 aliphatic carbocycles. The zero-order valence-corrected chi connectivity index (χ0v) is 10.9. The zero-order chi connectivity index (χ0) is 13.8. The first-order chi connectivity index (χ1) is 9.09. The van der Waals surface area contributed by atoms with Crippen molar-refractivity contribution in [3.05, 3.63) is 65.2 Å². The molecule has 98 valence electrons. The minimum absolute atomic E-state index is 0.244. The standard InChI is InChI=1S/C16H15F2N/c1-19(2)15-9-4-3-6-12(15)10-11-13-7-5-8-14(17)16(13)18/h3-11H,1-2H3/b11-10+. The molecule has 0 radical (unpaired) electrons. The van der Waals surface area contributed by atoms with Crippen molar-refractivity contribution in [2.45, 2.75) is 0 Å². The molecule has 0 aromatic heterocycles. The Labute approximate surface area is 111 Å². The van der Waals surface area contributed by atoms with Gasteiger partial charge in [-0.15, -0.1) is 0 Å². The van der Waals surface area contributed by atoms with Crippen LogP contribution in [0.4, 0.5) is 14.5 Å². The summed E-state index contributed by atoms with van der Waals surface area (Å²) >= 11 is 0. The number of halogens is 2. The van der Waals surface area contributed by atoms with Crippen LogP contribution in [0.25, 0.3) is 12.2 Å². The summed E-state index contributed by atoms with van der Waals surface area (Å²) in [6.07, 6.45) is 3.37. The van der Waals surface area contributed by atoms with Crippen LogP contribution in [0.1, 0.15) is 11.1 Å². The van der Waals surface area contributed by atoms with Crippen LogP contribution >= 0.6 is 0 Å².